The second-order valence-electron chi connectivity index (χ2n) is 14.8. The molecule has 11 heteroatoms. The van der Waals surface area contributed by atoms with Crippen LogP contribution < -0.4 is 0 Å². The van der Waals surface area contributed by atoms with Crippen LogP contribution in [-0.2, 0) is 29.2 Å². The molecule has 0 fully saturated rings. The summed E-state index contributed by atoms with van der Waals surface area (Å²) < 4.78 is 73.2. The van der Waals surface area contributed by atoms with Crippen molar-refractivity contribution in [2.24, 2.45) is 11.8 Å². The van der Waals surface area contributed by atoms with Crippen molar-refractivity contribution in [2.45, 2.75) is 233 Å². The topological polar surface area (TPSA) is 133 Å². The van der Waals surface area contributed by atoms with Gasteiger partial charge in [-0.25, -0.2) is 16.8 Å². The zero-order valence-electron chi connectivity index (χ0n) is 34.0. The number of hydrogen-bond acceptors (Lipinski definition) is 8. The molecule has 0 heterocycles. The molecule has 0 amide bonds. The SMILES string of the molecule is CCCCCCCCCCCC(CCCCCCC)COS(=O)(=O)[O-].CCCCCCCCCCCC(CCCCCCC)COS(=O)(=O)[O-].[Ca+2]. The predicted octanol–water partition coefficient (Wildman–Crippen LogP) is 12.3. The molecule has 2 atom stereocenters. The monoisotopic (exact) mass is 795 g/mol. The number of unbranched alkanes of at least 4 members (excludes halogenated alkanes) is 24. The number of hydrogen-bond donors (Lipinski definition) is 0. The summed E-state index contributed by atoms with van der Waals surface area (Å²) in [5.41, 5.74) is 0. The van der Waals surface area contributed by atoms with Gasteiger partial charge in [-0.3, -0.25) is 8.37 Å². The third-order valence-corrected chi connectivity index (χ3v) is 10.6. The Hall–Kier alpha value is 1.000. The van der Waals surface area contributed by atoms with Gasteiger partial charge in [0.15, 0.2) is 0 Å². The van der Waals surface area contributed by atoms with Crippen LogP contribution in [-0.4, -0.2) is 76.9 Å². The number of rotatable bonds is 38. The first-order valence-corrected chi connectivity index (χ1v) is 23.9. The van der Waals surface area contributed by atoms with Gasteiger partial charge in [0.05, 0.1) is 13.2 Å². The molecule has 0 aliphatic carbocycles. The van der Waals surface area contributed by atoms with Crippen LogP contribution in [0.5, 0.6) is 0 Å². The summed E-state index contributed by atoms with van der Waals surface area (Å²) in [6, 6.07) is 0. The molecule has 51 heavy (non-hydrogen) atoms. The van der Waals surface area contributed by atoms with Crippen LogP contribution in [0.25, 0.3) is 0 Å². The summed E-state index contributed by atoms with van der Waals surface area (Å²) in [4.78, 5) is 0. The predicted molar refractivity (Wildman–Crippen MR) is 214 cm³/mol. The molecule has 0 saturated heterocycles. The third kappa shape index (κ3) is 51.0. The molecule has 0 rings (SSSR count). The van der Waals surface area contributed by atoms with E-state index in [1.807, 2.05) is 0 Å². The minimum Gasteiger partial charge on any atom is -0.726 e. The Morgan fingerprint density at radius 2 is 0.529 bits per heavy atom. The van der Waals surface area contributed by atoms with Crippen molar-refractivity contribution in [3.05, 3.63) is 0 Å². The fourth-order valence-corrected chi connectivity index (χ4v) is 7.26. The van der Waals surface area contributed by atoms with E-state index in [0.29, 0.717) is 0 Å². The van der Waals surface area contributed by atoms with Gasteiger partial charge in [-0.2, -0.15) is 0 Å². The van der Waals surface area contributed by atoms with Crippen LogP contribution >= 0.6 is 0 Å². The molecule has 0 aromatic rings. The minimum absolute atomic E-state index is 0. The molecule has 0 aromatic heterocycles. The van der Waals surface area contributed by atoms with E-state index in [-0.39, 0.29) is 62.8 Å². The van der Waals surface area contributed by atoms with E-state index in [4.69, 9.17) is 0 Å². The van der Waals surface area contributed by atoms with E-state index < -0.39 is 20.8 Å². The van der Waals surface area contributed by atoms with E-state index in [9.17, 15) is 25.9 Å². The minimum atomic E-state index is -4.56. The summed E-state index contributed by atoms with van der Waals surface area (Å²) in [6.07, 6.45) is 39.0. The van der Waals surface area contributed by atoms with E-state index in [1.54, 1.807) is 0 Å². The molecule has 0 N–H and O–H groups in total. The Kier molecular flexibility index (Phi) is 46.6. The Labute approximate surface area is 348 Å². The summed E-state index contributed by atoms with van der Waals surface area (Å²) in [5.74, 6) is 0.407. The average molecular weight is 795 g/mol. The Morgan fingerprint density at radius 3 is 0.706 bits per heavy atom. The normalized spacial score (nSPS) is 13.0. The molecule has 0 aromatic carbocycles. The molecule has 0 radical (unpaired) electrons. The first-order valence-electron chi connectivity index (χ1n) is 21.2. The van der Waals surface area contributed by atoms with Crippen LogP contribution in [0.1, 0.15) is 233 Å². The second-order valence-corrected chi connectivity index (χ2v) is 16.9. The van der Waals surface area contributed by atoms with Gasteiger partial charge < -0.3 is 9.11 Å². The van der Waals surface area contributed by atoms with Crippen LogP contribution in [0.2, 0.25) is 0 Å². The summed E-state index contributed by atoms with van der Waals surface area (Å²) in [6.45, 7) is 9.00. The molecule has 0 bridgehead atoms. The van der Waals surface area contributed by atoms with Gasteiger partial charge in [-0.1, -0.05) is 207 Å². The van der Waals surface area contributed by atoms with Gasteiger partial charge in [-0.15, -0.1) is 0 Å². The molecular weight excluding hydrogens is 713 g/mol. The van der Waals surface area contributed by atoms with E-state index in [1.165, 1.54) is 154 Å². The molecule has 2 unspecified atom stereocenters. The van der Waals surface area contributed by atoms with Crippen LogP contribution in [0.15, 0.2) is 0 Å². The van der Waals surface area contributed by atoms with Crippen molar-refractivity contribution in [1.82, 2.24) is 0 Å². The van der Waals surface area contributed by atoms with Crippen molar-refractivity contribution in [3.63, 3.8) is 0 Å². The van der Waals surface area contributed by atoms with Crippen molar-refractivity contribution < 1.29 is 34.3 Å². The summed E-state index contributed by atoms with van der Waals surface area (Å²) in [7, 11) is -9.12. The van der Waals surface area contributed by atoms with E-state index in [0.717, 1.165) is 51.4 Å². The zero-order chi connectivity index (χ0) is 37.6. The largest absolute Gasteiger partial charge is 2.00 e. The second kappa shape index (κ2) is 42.1. The van der Waals surface area contributed by atoms with Crippen LogP contribution in [0.4, 0.5) is 0 Å². The smallest absolute Gasteiger partial charge is 0.726 e. The van der Waals surface area contributed by atoms with Crippen LogP contribution in [0.3, 0.4) is 0 Å². The molecule has 0 spiro atoms. The maximum Gasteiger partial charge on any atom is 2.00 e. The molecule has 304 valence electrons. The van der Waals surface area contributed by atoms with Gasteiger partial charge in [0.1, 0.15) is 0 Å². The van der Waals surface area contributed by atoms with Gasteiger partial charge in [0.25, 0.3) is 0 Å². The standard InChI is InChI=1S/2C20H42O4S.Ca/c2*1-3-5-7-9-10-11-12-14-16-18-20(19-24-25(21,22)23)17-15-13-8-6-4-2;/h2*20H,3-19H2,1-2H3,(H,21,22,23);/q;;+2/p-2. The Morgan fingerprint density at radius 1 is 0.353 bits per heavy atom. The summed E-state index contributed by atoms with van der Waals surface area (Å²) >= 11 is 0. The van der Waals surface area contributed by atoms with Crippen molar-refractivity contribution in [3.8, 4) is 0 Å². The maximum absolute atomic E-state index is 10.7. The fourth-order valence-electron chi connectivity index (χ4n) is 6.54. The molecular formula is C40H82CaO8S2. The average Bonchev–Trinajstić information content (AvgIpc) is 3.06. The van der Waals surface area contributed by atoms with Gasteiger partial charge >= 0.3 is 37.7 Å². The molecule has 0 aliphatic rings. The molecule has 0 saturated carbocycles. The summed E-state index contributed by atoms with van der Waals surface area (Å²) in [5, 5.41) is 0. The zero-order valence-corrected chi connectivity index (χ0v) is 37.8. The van der Waals surface area contributed by atoms with E-state index >= 15 is 0 Å². The maximum atomic E-state index is 10.7. The van der Waals surface area contributed by atoms with Crippen molar-refractivity contribution >= 4 is 58.5 Å². The Bertz CT molecular complexity index is 815. The van der Waals surface area contributed by atoms with Crippen molar-refractivity contribution in [1.29, 1.82) is 0 Å². The van der Waals surface area contributed by atoms with Crippen LogP contribution in [0, 0.1) is 11.8 Å². The van der Waals surface area contributed by atoms with Gasteiger partial charge in [0, 0.05) is 0 Å². The quantitative estimate of drug-likeness (QED) is 0.0261. The molecule has 8 nitrogen and oxygen atoms in total. The van der Waals surface area contributed by atoms with Gasteiger partial charge in [0.2, 0.25) is 20.8 Å². The fraction of sp³-hybridized carbons (Fsp3) is 1.00. The van der Waals surface area contributed by atoms with E-state index in [2.05, 4.69) is 36.1 Å². The molecule has 0 aliphatic heterocycles. The van der Waals surface area contributed by atoms with Gasteiger partial charge in [-0.05, 0) is 37.5 Å². The first kappa shape index (κ1) is 56.3. The van der Waals surface area contributed by atoms with Crippen molar-refractivity contribution in [2.75, 3.05) is 13.2 Å². The first-order chi connectivity index (χ1) is 24.0. The Balaban J connectivity index is -0.000000886. The third-order valence-electron chi connectivity index (χ3n) is 9.76.